The number of carbonyl (C=O) groups excluding carboxylic acids is 2. The van der Waals surface area contributed by atoms with Gasteiger partial charge in [0.25, 0.3) is 7.82 Å². The molecule has 0 amide bonds. The summed E-state index contributed by atoms with van der Waals surface area (Å²) in [6.45, 7) is 4.27. The minimum Gasteiger partial charge on any atom is -0.756 e. The fourth-order valence-electron chi connectivity index (χ4n) is 8.71. The van der Waals surface area contributed by atoms with Gasteiger partial charge in [0, 0.05) is 12.8 Å². The zero-order valence-electron chi connectivity index (χ0n) is 45.8. The number of phosphoric acid groups is 1. The Hall–Kier alpha value is -1.25. The van der Waals surface area contributed by atoms with Crippen LogP contribution in [0.3, 0.4) is 0 Å². The highest BCUT2D eigenvalue weighted by Crippen LogP contribution is 2.38. The highest BCUT2D eigenvalue weighted by molar-refractivity contribution is 7.45. The molecule has 10 heteroatoms. The van der Waals surface area contributed by atoms with Gasteiger partial charge in [0.15, 0.2) is 6.10 Å². The number of unbranched alkanes of at least 4 members (excludes halogenated alkanes) is 39. The first kappa shape index (κ1) is 66.8. The smallest absolute Gasteiger partial charge is 0.306 e. The molecule has 0 saturated heterocycles. The van der Waals surface area contributed by atoms with Gasteiger partial charge in [-0.2, -0.15) is 0 Å². The maximum absolute atomic E-state index is 12.8. The van der Waals surface area contributed by atoms with E-state index in [1.165, 1.54) is 231 Å². The number of nitrogens with zero attached hydrogens (tertiary/aromatic N) is 1. The van der Waals surface area contributed by atoms with E-state index in [0.29, 0.717) is 17.4 Å². The fourth-order valence-corrected chi connectivity index (χ4v) is 9.44. The Kier molecular flexibility index (Phi) is 49.8. The van der Waals surface area contributed by atoms with Gasteiger partial charge < -0.3 is 27.9 Å². The summed E-state index contributed by atoms with van der Waals surface area (Å²) in [5, 5.41) is 0. The van der Waals surface area contributed by atoms with Crippen molar-refractivity contribution in [2.24, 2.45) is 0 Å². The van der Waals surface area contributed by atoms with Crippen molar-refractivity contribution in [2.45, 2.75) is 302 Å². The predicted molar refractivity (Wildman–Crippen MR) is 287 cm³/mol. The van der Waals surface area contributed by atoms with Crippen molar-refractivity contribution in [3.05, 3.63) is 12.2 Å². The Morgan fingerprint density at radius 3 is 1.09 bits per heavy atom. The Morgan fingerprint density at radius 1 is 0.441 bits per heavy atom. The van der Waals surface area contributed by atoms with Crippen LogP contribution in [0.5, 0.6) is 0 Å². The third-order valence-electron chi connectivity index (χ3n) is 13.3. The van der Waals surface area contributed by atoms with Crippen molar-refractivity contribution in [2.75, 3.05) is 47.5 Å². The second kappa shape index (κ2) is 50.7. The molecule has 404 valence electrons. The summed E-state index contributed by atoms with van der Waals surface area (Å²) in [7, 11) is 1.18. The number of hydrogen-bond acceptors (Lipinski definition) is 8. The van der Waals surface area contributed by atoms with Crippen LogP contribution < -0.4 is 4.89 Å². The third-order valence-corrected chi connectivity index (χ3v) is 14.2. The Bertz CT molecular complexity index is 1160. The fraction of sp³-hybridized carbons (Fsp3) is 0.931. The lowest BCUT2D eigenvalue weighted by Crippen LogP contribution is -2.37. The van der Waals surface area contributed by atoms with Crippen LogP contribution in [-0.2, 0) is 32.7 Å². The van der Waals surface area contributed by atoms with Crippen molar-refractivity contribution >= 4 is 19.8 Å². The summed E-state index contributed by atoms with van der Waals surface area (Å²) in [5.41, 5.74) is 0. The van der Waals surface area contributed by atoms with Crippen molar-refractivity contribution in [1.82, 2.24) is 0 Å². The molecule has 9 nitrogen and oxygen atoms in total. The first-order valence-corrected chi connectivity index (χ1v) is 30.9. The van der Waals surface area contributed by atoms with Gasteiger partial charge in [0.2, 0.25) is 0 Å². The van der Waals surface area contributed by atoms with Crippen molar-refractivity contribution in [3.8, 4) is 0 Å². The van der Waals surface area contributed by atoms with E-state index >= 15 is 0 Å². The van der Waals surface area contributed by atoms with Crippen LogP contribution in [0.4, 0.5) is 0 Å². The number of ether oxygens (including phenoxy) is 2. The number of likely N-dealkylation sites (N-methyl/N-ethyl adjacent to an activating group) is 1. The maximum atomic E-state index is 12.8. The zero-order chi connectivity index (χ0) is 49.9. The maximum Gasteiger partial charge on any atom is 0.306 e. The van der Waals surface area contributed by atoms with E-state index in [9.17, 15) is 19.0 Å². The molecule has 68 heavy (non-hydrogen) atoms. The molecule has 2 unspecified atom stereocenters. The van der Waals surface area contributed by atoms with E-state index in [4.69, 9.17) is 18.5 Å². The summed E-state index contributed by atoms with van der Waals surface area (Å²) in [5.74, 6) is -0.817. The molecule has 0 rings (SSSR count). The standard InChI is InChI=1S/C58H114NO8P/c1-6-8-10-12-14-16-18-19-20-21-22-23-24-25-26-27-28-29-30-31-32-33-34-35-36-37-38-39-41-43-45-47-49-51-58(61)67-56(55-66-68(62,63)65-53-52-59(3,4)5)54-64-57(60)50-48-46-44-42-40-17-15-13-11-9-7-2/h21-22,56H,6-20,23-55H2,1-5H3/b22-21-. The van der Waals surface area contributed by atoms with Gasteiger partial charge in [-0.15, -0.1) is 0 Å². The van der Waals surface area contributed by atoms with E-state index in [1.54, 1.807) is 0 Å². The number of quaternary nitrogens is 1. The first-order chi connectivity index (χ1) is 33.0. The van der Waals surface area contributed by atoms with Crippen LogP contribution >= 0.6 is 7.82 Å². The Labute approximate surface area is 422 Å². The van der Waals surface area contributed by atoms with Crippen LogP contribution in [0.15, 0.2) is 12.2 Å². The van der Waals surface area contributed by atoms with Crippen LogP contribution in [0.25, 0.3) is 0 Å². The number of allylic oxidation sites excluding steroid dienone is 2. The SMILES string of the molecule is CCCCCCCCCC/C=C\CCCCCCCCCCCCCCCCCCCCCCCC(=O)OC(COC(=O)CCCCCCCCCCCCC)COP(=O)([O-])OCC[N+](C)(C)C. The van der Waals surface area contributed by atoms with Gasteiger partial charge in [-0.05, 0) is 38.5 Å². The van der Waals surface area contributed by atoms with Gasteiger partial charge in [0.1, 0.15) is 19.8 Å². The zero-order valence-corrected chi connectivity index (χ0v) is 46.7. The Balaban J connectivity index is 3.92. The van der Waals surface area contributed by atoms with Crippen molar-refractivity contribution < 1.29 is 42.1 Å². The lowest BCUT2D eigenvalue weighted by Gasteiger charge is -2.28. The molecule has 0 aliphatic carbocycles. The van der Waals surface area contributed by atoms with Gasteiger partial charge in [-0.3, -0.25) is 14.2 Å². The molecule has 0 aromatic heterocycles. The number of phosphoric ester groups is 1. The minimum atomic E-state index is -4.62. The van der Waals surface area contributed by atoms with E-state index in [2.05, 4.69) is 26.0 Å². The number of hydrogen-bond donors (Lipinski definition) is 0. The molecule has 0 spiro atoms. The van der Waals surface area contributed by atoms with Gasteiger partial charge in [0.05, 0.1) is 27.7 Å². The van der Waals surface area contributed by atoms with E-state index < -0.39 is 26.5 Å². The average Bonchev–Trinajstić information content (AvgIpc) is 3.30. The largest absolute Gasteiger partial charge is 0.756 e. The summed E-state index contributed by atoms with van der Waals surface area (Å²) in [4.78, 5) is 37.7. The molecular formula is C58H114NO8P. The molecule has 0 radical (unpaired) electrons. The van der Waals surface area contributed by atoms with Gasteiger partial charge in [-0.25, -0.2) is 0 Å². The molecule has 0 heterocycles. The van der Waals surface area contributed by atoms with Crippen molar-refractivity contribution in [3.63, 3.8) is 0 Å². The molecule has 0 saturated carbocycles. The molecule has 0 aliphatic heterocycles. The number of esters is 2. The highest BCUT2D eigenvalue weighted by atomic mass is 31.2. The lowest BCUT2D eigenvalue weighted by molar-refractivity contribution is -0.870. The molecule has 0 N–H and O–H groups in total. The summed E-state index contributed by atoms with van der Waals surface area (Å²) < 4.78 is 34.1. The second-order valence-corrected chi connectivity index (χ2v) is 22.8. The molecule has 0 aromatic carbocycles. The summed E-state index contributed by atoms with van der Waals surface area (Å²) >= 11 is 0. The van der Waals surface area contributed by atoms with E-state index in [1.807, 2.05) is 21.1 Å². The highest BCUT2D eigenvalue weighted by Gasteiger charge is 2.22. The van der Waals surface area contributed by atoms with Crippen LogP contribution in [-0.4, -0.2) is 70.0 Å². The van der Waals surface area contributed by atoms with Crippen LogP contribution in [0, 0.1) is 0 Å². The first-order valence-electron chi connectivity index (χ1n) is 29.4. The second-order valence-electron chi connectivity index (χ2n) is 21.4. The summed E-state index contributed by atoms with van der Waals surface area (Å²) in [6, 6.07) is 0. The minimum absolute atomic E-state index is 0.0263. The number of carbonyl (C=O) groups is 2. The topological polar surface area (TPSA) is 111 Å². The van der Waals surface area contributed by atoms with Gasteiger partial charge >= 0.3 is 11.9 Å². The molecule has 0 aliphatic rings. The molecule has 0 bridgehead atoms. The van der Waals surface area contributed by atoms with Gasteiger partial charge in [-0.1, -0.05) is 257 Å². The van der Waals surface area contributed by atoms with Crippen LogP contribution in [0.2, 0.25) is 0 Å². The lowest BCUT2D eigenvalue weighted by atomic mass is 10.0. The quantitative estimate of drug-likeness (QED) is 0.0195. The van der Waals surface area contributed by atoms with E-state index in [0.717, 1.165) is 32.1 Å². The molecule has 0 aromatic rings. The monoisotopic (exact) mass is 984 g/mol. The van der Waals surface area contributed by atoms with E-state index in [-0.39, 0.29) is 32.0 Å². The predicted octanol–water partition coefficient (Wildman–Crippen LogP) is 17.4. The summed E-state index contributed by atoms with van der Waals surface area (Å²) in [6.07, 6.45) is 58.6. The average molecular weight is 985 g/mol. The third kappa shape index (κ3) is 54.1. The molecule has 2 atom stereocenters. The van der Waals surface area contributed by atoms with Crippen LogP contribution in [0.1, 0.15) is 296 Å². The molecule has 0 fully saturated rings. The Morgan fingerprint density at radius 2 is 0.750 bits per heavy atom. The number of rotatable bonds is 55. The normalized spacial score (nSPS) is 13.3. The molecular weight excluding hydrogens is 870 g/mol. The van der Waals surface area contributed by atoms with Crippen molar-refractivity contribution in [1.29, 1.82) is 0 Å².